The number of carbonyl (C=O) groups excluding carboxylic acids is 1. The number of hydrogen-bond donors (Lipinski definition) is 0. The molecule has 0 fully saturated rings. The van der Waals surface area contributed by atoms with Crippen LogP contribution in [0.5, 0.6) is 5.88 Å². The first-order valence-electron chi connectivity index (χ1n) is 10.5. The van der Waals surface area contributed by atoms with Crippen LogP contribution in [0.15, 0.2) is 53.9 Å². The highest BCUT2D eigenvalue weighted by molar-refractivity contribution is 7.99. The molecule has 3 heterocycles. The zero-order chi connectivity index (χ0) is 21.8. The minimum Gasteiger partial charge on any atom is -0.854 e. The van der Waals surface area contributed by atoms with E-state index >= 15 is 0 Å². The van der Waals surface area contributed by atoms with Gasteiger partial charge in [-0.05, 0) is 30.7 Å². The lowest BCUT2D eigenvalue weighted by Gasteiger charge is -2.32. The molecule has 0 N–H and O–H groups in total. The van der Waals surface area contributed by atoms with Crippen LogP contribution in [0.3, 0.4) is 0 Å². The van der Waals surface area contributed by atoms with E-state index in [9.17, 15) is 9.90 Å². The van der Waals surface area contributed by atoms with Crippen LogP contribution in [-0.2, 0) is 4.79 Å². The van der Waals surface area contributed by atoms with E-state index in [-0.39, 0.29) is 11.8 Å². The molecule has 31 heavy (non-hydrogen) atoms. The maximum absolute atomic E-state index is 13.1. The van der Waals surface area contributed by atoms with Crippen molar-refractivity contribution in [1.29, 1.82) is 0 Å². The van der Waals surface area contributed by atoms with E-state index in [0.717, 1.165) is 24.2 Å². The normalized spacial score (nSPS) is 14.8. The van der Waals surface area contributed by atoms with Crippen LogP contribution in [0.2, 0.25) is 0 Å². The number of anilines is 1. The fraction of sp³-hybridized carbons (Fsp3) is 0.348. The van der Waals surface area contributed by atoms with Gasteiger partial charge >= 0.3 is 0 Å². The molecule has 160 valence electrons. The second-order valence-electron chi connectivity index (χ2n) is 7.46. The number of nitrogens with zero attached hydrogens (tertiary/aromatic N) is 5. The fourth-order valence-corrected chi connectivity index (χ4v) is 4.69. The lowest BCUT2D eigenvalue weighted by atomic mass is 10.0. The lowest BCUT2D eigenvalue weighted by molar-refractivity contribution is -0.764. The minimum absolute atomic E-state index is 0.132. The van der Waals surface area contributed by atoms with E-state index in [0.29, 0.717) is 22.1 Å². The van der Waals surface area contributed by atoms with Crippen LogP contribution in [0.4, 0.5) is 5.69 Å². The number of fused-ring (bicyclic) bond motifs is 3. The van der Waals surface area contributed by atoms with Gasteiger partial charge in [0.2, 0.25) is 5.91 Å². The summed E-state index contributed by atoms with van der Waals surface area (Å²) in [6.45, 7) is 3.71. The van der Waals surface area contributed by atoms with Gasteiger partial charge in [0.15, 0.2) is 0 Å². The maximum atomic E-state index is 13.1. The van der Waals surface area contributed by atoms with Gasteiger partial charge in [0, 0.05) is 35.7 Å². The van der Waals surface area contributed by atoms with Gasteiger partial charge in [0.05, 0.1) is 17.1 Å². The lowest BCUT2D eigenvalue weighted by Crippen LogP contribution is -2.58. The minimum atomic E-state index is -0.583. The van der Waals surface area contributed by atoms with Crippen LogP contribution in [0.25, 0.3) is 11.3 Å². The van der Waals surface area contributed by atoms with Gasteiger partial charge in [0.1, 0.15) is 0 Å². The number of unbranched alkanes of at least 4 members (excludes halogenated alkanes) is 3. The van der Waals surface area contributed by atoms with Gasteiger partial charge in [0.25, 0.3) is 17.0 Å². The van der Waals surface area contributed by atoms with E-state index < -0.39 is 6.17 Å². The Morgan fingerprint density at radius 1 is 1.16 bits per heavy atom. The Morgan fingerprint density at radius 3 is 2.68 bits per heavy atom. The molecular weight excluding hydrogens is 410 g/mol. The quantitative estimate of drug-likeness (QED) is 0.321. The predicted molar refractivity (Wildman–Crippen MR) is 118 cm³/mol. The first kappa shape index (κ1) is 21.2. The number of pyridine rings is 1. The van der Waals surface area contributed by atoms with E-state index in [1.807, 2.05) is 36.4 Å². The van der Waals surface area contributed by atoms with Crippen molar-refractivity contribution in [2.24, 2.45) is 0 Å². The molecule has 1 unspecified atom stereocenters. The molecule has 0 aliphatic carbocycles. The molecule has 2 aromatic heterocycles. The molecule has 1 atom stereocenters. The number of carbonyl (C=O) groups is 1. The number of amides is 1. The van der Waals surface area contributed by atoms with E-state index in [4.69, 9.17) is 5.10 Å². The summed E-state index contributed by atoms with van der Waals surface area (Å²) < 4.78 is 1.66. The first-order chi connectivity index (χ1) is 15.1. The van der Waals surface area contributed by atoms with Crippen LogP contribution < -0.4 is 14.7 Å². The van der Waals surface area contributed by atoms with Gasteiger partial charge < -0.3 is 5.11 Å². The summed E-state index contributed by atoms with van der Waals surface area (Å²) >= 11 is 1.49. The number of hydrogen-bond acceptors (Lipinski definition) is 6. The molecule has 1 amide bonds. The van der Waals surface area contributed by atoms with Crippen LogP contribution in [0, 0.1) is 0 Å². The third-order valence-corrected chi connectivity index (χ3v) is 6.21. The van der Waals surface area contributed by atoms with Gasteiger partial charge in [-0.1, -0.05) is 54.8 Å². The molecule has 4 rings (SSSR count). The van der Waals surface area contributed by atoms with Crippen LogP contribution >= 0.6 is 11.8 Å². The third-order valence-electron chi connectivity index (χ3n) is 5.29. The average molecular weight is 436 g/mol. The molecule has 1 aromatic carbocycles. The largest absolute Gasteiger partial charge is 0.854 e. The molecule has 1 aliphatic rings. The zero-order valence-corrected chi connectivity index (χ0v) is 18.5. The van der Waals surface area contributed by atoms with E-state index in [2.05, 4.69) is 16.9 Å². The van der Waals surface area contributed by atoms with Gasteiger partial charge in [-0.3, -0.25) is 9.78 Å². The molecule has 0 saturated carbocycles. The molecule has 7 nitrogen and oxygen atoms in total. The van der Waals surface area contributed by atoms with Crippen molar-refractivity contribution in [3.63, 3.8) is 0 Å². The molecule has 0 saturated heterocycles. The Labute approximate surface area is 186 Å². The Kier molecular flexibility index (Phi) is 6.46. The van der Waals surface area contributed by atoms with E-state index in [1.165, 1.54) is 31.5 Å². The predicted octanol–water partition coefficient (Wildman–Crippen LogP) is 3.49. The third kappa shape index (κ3) is 4.25. The Balaban J connectivity index is 1.82. The number of aromatic nitrogens is 4. The van der Waals surface area contributed by atoms with Gasteiger partial charge in [-0.15, -0.1) is 0 Å². The molecular formula is C23H25N5O2S. The summed E-state index contributed by atoms with van der Waals surface area (Å²) in [5.41, 5.74) is 2.55. The monoisotopic (exact) mass is 435 g/mol. The van der Waals surface area contributed by atoms with Gasteiger partial charge in [-0.25, -0.2) is 9.88 Å². The van der Waals surface area contributed by atoms with Crippen LogP contribution in [-0.4, -0.2) is 26.7 Å². The Morgan fingerprint density at radius 2 is 1.94 bits per heavy atom. The highest BCUT2D eigenvalue weighted by Gasteiger charge is 2.43. The van der Waals surface area contributed by atoms with E-state index in [1.54, 1.807) is 22.0 Å². The molecule has 1 aliphatic heterocycles. The molecule has 3 aromatic rings. The molecule has 0 spiro atoms. The number of thioether (sulfide) groups is 1. The number of benzene rings is 1. The molecule has 8 heteroatoms. The van der Waals surface area contributed by atoms with Crippen molar-refractivity contribution in [2.45, 2.75) is 50.9 Å². The van der Waals surface area contributed by atoms with Crippen molar-refractivity contribution >= 4 is 23.4 Å². The van der Waals surface area contributed by atoms with Crippen molar-refractivity contribution in [3.05, 3.63) is 54.4 Å². The van der Waals surface area contributed by atoms with Crippen molar-refractivity contribution < 1.29 is 14.6 Å². The smallest absolute Gasteiger partial charge is 0.293 e. The summed E-state index contributed by atoms with van der Waals surface area (Å²) in [5, 5.41) is 18.3. The summed E-state index contributed by atoms with van der Waals surface area (Å²) in [5.74, 6) is 0.388. The standard InChI is InChI=1S/C23H25N5O2S/c1-3-4-5-8-15-31-23-25-21(30)20-18-9-6-7-10-19(18)27(16(2)29)22(28(20)26-23)17-11-13-24-14-12-17/h6-7,9-14,22H,3-5,8,15H2,1-2H3. The molecule has 0 bridgehead atoms. The fourth-order valence-electron chi connectivity index (χ4n) is 3.86. The van der Waals surface area contributed by atoms with Gasteiger partial charge in [-0.2, -0.15) is 0 Å². The summed E-state index contributed by atoms with van der Waals surface area (Å²) in [6.07, 6.45) is 7.34. The first-order valence-corrected chi connectivity index (χ1v) is 11.5. The van der Waals surface area contributed by atoms with Crippen LogP contribution in [0.1, 0.15) is 51.3 Å². The van der Waals surface area contributed by atoms with Crippen molar-refractivity contribution in [1.82, 2.24) is 15.1 Å². The topological polar surface area (TPSA) is 85.9 Å². The Hall–Kier alpha value is -3.00. The SMILES string of the molecule is CCCCCCSc1nc([O-])c2[n+](n1)C(c1ccncc1)N(C(C)=O)c1ccccc1-2. The maximum Gasteiger partial charge on any atom is 0.293 e. The summed E-state index contributed by atoms with van der Waals surface area (Å²) in [7, 11) is 0. The highest BCUT2D eigenvalue weighted by Crippen LogP contribution is 2.40. The summed E-state index contributed by atoms with van der Waals surface area (Å²) in [4.78, 5) is 22.8. The Bertz CT molecular complexity index is 1080. The highest BCUT2D eigenvalue weighted by atomic mass is 32.2. The van der Waals surface area contributed by atoms with Crippen molar-refractivity contribution in [2.75, 3.05) is 10.7 Å². The van der Waals surface area contributed by atoms with Crippen molar-refractivity contribution in [3.8, 4) is 17.1 Å². The number of para-hydroxylation sites is 1. The molecule has 0 radical (unpaired) electrons. The average Bonchev–Trinajstić information content (AvgIpc) is 2.78. The second-order valence-corrected chi connectivity index (χ2v) is 8.52. The second kappa shape index (κ2) is 9.43. The zero-order valence-electron chi connectivity index (χ0n) is 17.7. The summed E-state index contributed by atoms with van der Waals surface area (Å²) in [6, 6.07) is 11.1. The number of rotatable bonds is 7.